The second-order valence-corrected chi connectivity index (χ2v) is 3.56. The van der Waals surface area contributed by atoms with Crippen molar-refractivity contribution in [2.24, 2.45) is 0 Å². The van der Waals surface area contributed by atoms with E-state index in [1.54, 1.807) is 6.92 Å². The number of nitrogens with zero attached hydrogens (tertiary/aromatic N) is 3. The highest BCUT2D eigenvalue weighted by molar-refractivity contribution is 5.53. The quantitative estimate of drug-likeness (QED) is 0.851. The number of rotatable bonds is 4. The van der Waals surface area contributed by atoms with E-state index in [1.165, 1.54) is 6.20 Å². The molecule has 0 radical (unpaired) electrons. The SMILES string of the molecule is CCCC(O)c1noc(-c2cnoc2C)n1. The molecule has 6 heteroatoms. The van der Waals surface area contributed by atoms with E-state index in [0.717, 1.165) is 6.42 Å². The Balaban J connectivity index is 2.23. The fourth-order valence-corrected chi connectivity index (χ4v) is 1.39. The van der Waals surface area contributed by atoms with Crippen LogP contribution >= 0.6 is 0 Å². The predicted molar refractivity (Wildman–Crippen MR) is 54.4 cm³/mol. The zero-order valence-electron chi connectivity index (χ0n) is 9.17. The fraction of sp³-hybridized carbons (Fsp3) is 0.500. The topological polar surface area (TPSA) is 85.2 Å². The first-order valence-corrected chi connectivity index (χ1v) is 5.15. The average Bonchev–Trinajstić information content (AvgIpc) is 2.86. The van der Waals surface area contributed by atoms with E-state index >= 15 is 0 Å². The van der Waals surface area contributed by atoms with Gasteiger partial charge in [-0.15, -0.1) is 0 Å². The molecule has 0 fully saturated rings. The van der Waals surface area contributed by atoms with Crippen molar-refractivity contribution >= 4 is 0 Å². The van der Waals surface area contributed by atoms with E-state index in [0.29, 0.717) is 29.5 Å². The molecule has 0 aromatic carbocycles. The summed E-state index contributed by atoms with van der Waals surface area (Å²) in [6.07, 6.45) is 2.31. The molecule has 2 aromatic rings. The van der Waals surface area contributed by atoms with Crippen LogP contribution in [0.1, 0.15) is 37.5 Å². The monoisotopic (exact) mass is 223 g/mol. The van der Waals surface area contributed by atoms with Crippen molar-refractivity contribution in [2.75, 3.05) is 0 Å². The molecule has 0 bridgehead atoms. The first-order valence-electron chi connectivity index (χ1n) is 5.15. The van der Waals surface area contributed by atoms with Crippen LogP contribution in [0.25, 0.3) is 11.5 Å². The molecule has 0 aliphatic heterocycles. The van der Waals surface area contributed by atoms with Gasteiger partial charge in [0.1, 0.15) is 17.4 Å². The van der Waals surface area contributed by atoms with Crippen molar-refractivity contribution in [3.05, 3.63) is 17.8 Å². The van der Waals surface area contributed by atoms with Gasteiger partial charge in [-0.3, -0.25) is 0 Å². The van der Waals surface area contributed by atoms with E-state index < -0.39 is 6.10 Å². The van der Waals surface area contributed by atoms with Crippen LogP contribution in [-0.4, -0.2) is 20.4 Å². The molecule has 1 atom stereocenters. The molecule has 0 aliphatic carbocycles. The smallest absolute Gasteiger partial charge is 0.263 e. The Bertz CT molecular complexity index is 463. The van der Waals surface area contributed by atoms with Crippen molar-refractivity contribution in [3.63, 3.8) is 0 Å². The Hall–Kier alpha value is -1.69. The molecule has 0 aliphatic rings. The molecular weight excluding hydrogens is 210 g/mol. The number of hydrogen-bond donors (Lipinski definition) is 1. The predicted octanol–water partition coefficient (Wildman–Crippen LogP) is 1.87. The Morgan fingerprint density at radius 2 is 2.25 bits per heavy atom. The molecule has 2 aromatic heterocycles. The lowest BCUT2D eigenvalue weighted by atomic mass is 10.2. The zero-order valence-corrected chi connectivity index (χ0v) is 9.17. The van der Waals surface area contributed by atoms with Crippen LogP contribution in [-0.2, 0) is 0 Å². The van der Waals surface area contributed by atoms with Gasteiger partial charge >= 0.3 is 0 Å². The molecule has 0 amide bonds. The van der Waals surface area contributed by atoms with Crippen LogP contribution in [0.15, 0.2) is 15.2 Å². The normalized spacial score (nSPS) is 12.9. The Morgan fingerprint density at radius 1 is 1.44 bits per heavy atom. The van der Waals surface area contributed by atoms with Crippen LogP contribution in [0.4, 0.5) is 0 Å². The maximum absolute atomic E-state index is 9.68. The van der Waals surface area contributed by atoms with Gasteiger partial charge in [0.15, 0.2) is 0 Å². The molecule has 1 N–H and O–H groups in total. The summed E-state index contributed by atoms with van der Waals surface area (Å²) in [5.41, 5.74) is 0.655. The van der Waals surface area contributed by atoms with Crippen molar-refractivity contribution < 1.29 is 14.2 Å². The van der Waals surface area contributed by atoms with E-state index in [4.69, 9.17) is 9.05 Å². The largest absolute Gasteiger partial charge is 0.385 e. The lowest BCUT2D eigenvalue weighted by Crippen LogP contribution is -1.98. The highest BCUT2D eigenvalue weighted by Crippen LogP contribution is 2.23. The number of aliphatic hydroxyl groups excluding tert-OH is 1. The van der Waals surface area contributed by atoms with E-state index in [9.17, 15) is 5.11 Å². The second-order valence-electron chi connectivity index (χ2n) is 3.56. The molecule has 2 rings (SSSR count). The third-order valence-electron chi connectivity index (χ3n) is 2.28. The first-order chi connectivity index (χ1) is 7.72. The van der Waals surface area contributed by atoms with Crippen molar-refractivity contribution in [1.29, 1.82) is 0 Å². The molecular formula is C10H13N3O3. The van der Waals surface area contributed by atoms with Gasteiger partial charge in [0.05, 0.1) is 6.20 Å². The minimum atomic E-state index is -0.678. The van der Waals surface area contributed by atoms with E-state index in [2.05, 4.69) is 15.3 Å². The van der Waals surface area contributed by atoms with Crippen molar-refractivity contribution in [2.45, 2.75) is 32.8 Å². The Morgan fingerprint density at radius 3 is 2.88 bits per heavy atom. The number of hydrogen-bond acceptors (Lipinski definition) is 6. The molecule has 86 valence electrons. The van der Waals surface area contributed by atoms with Crippen molar-refractivity contribution in [1.82, 2.24) is 15.3 Å². The van der Waals surface area contributed by atoms with Crippen LogP contribution in [0, 0.1) is 6.92 Å². The molecule has 0 saturated carbocycles. The van der Waals surface area contributed by atoms with Gasteiger partial charge in [-0.2, -0.15) is 4.98 Å². The molecule has 6 nitrogen and oxygen atoms in total. The van der Waals surface area contributed by atoms with E-state index in [-0.39, 0.29) is 0 Å². The van der Waals surface area contributed by atoms with Gasteiger partial charge in [-0.1, -0.05) is 23.7 Å². The molecule has 0 saturated heterocycles. The molecule has 1 unspecified atom stereocenters. The van der Waals surface area contributed by atoms with Gasteiger partial charge in [0.2, 0.25) is 5.82 Å². The van der Waals surface area contributed by atoms with Gasteiger partial charge in [-0.05, 0) is 13.3 Å². The maximum atomic E-state index is 9.68. The summed E-state index contributed by atoms with van der Waals surface area (Å²) in [6, 6.07) is 0. The summed E-state index contributed by atoms with van der Waals surface area (Å²) in [7, 11) is 0. The second kappa shape index (κ2) is 4.44. The van der Waals surface area contributed by atoms with Gasteiger partial charge in [-0.25, -0.2) is 0 Å². The third kappa shape index (κ3) is 1.96. The van der Waals surface area contributed by atoms with Crippen LogP contribution in [0.5, 0.6) is 0 Å². The highest BCUT2D eigenvalue weighted by atomic mass is 16.5. The third-order valence-corrected chi connectivity index (χ3v) is 2.28. The minimum Gasteiger partial charge on any atom is -0.385 e. The van der Waals surface area contributed by atoms with E-state index in [1.807, 2.05) is 6.92 Å². The summed E-state index contributed by atoms with van der Waals surface area (Å²) in [6.45, 7) is 3.74. The number of aliphatic hydroxyl groups is 1. The zero-order chi connectivity index (χ0) is 11.5. The van der Waals surface area contributed by atoms with Crippen LogP contribution in [0.2, 0.25) is 0 Å². The van der Waals surface area contributed by atoms with Crippen LogP contribution in [0.3, 0.4) is 0 Å². The summed E-state index contributed by atoms with van der Waals surface area (Å²) in [5.74, 6) is 1.24. The lowest BCUT2D eigenvalue weighted by molar-refractivity contribution is 0.153. The minimum absolute atomic E-state index is 0.303. The number of aromatic nitrogens is 3. The summed E-state index contributed by atoms with van der Waals surface area (Å²) >= 11 is 0. The number of aryl methyl sites for hydroxylation is 1. The van der Waals surface area contributed by atoms with Gasteiger partial charge < -0.3 is 14.2 Å². The lowest BCUT2D eigenvalue weighted by Gasteiger charge is -2.00. The standard InChI is InChI=1S/C10H13N3O3/c1-3-4-8(14)9-12-10(16-13-9)7-5-11-15-6(7)2/h5,8,14H,3-4H2,1-2H3. The molecule has 0 spiro atoms. The van der Waals surface area contributed by atoms with Crippen molar-refractivity contribution in [3.8, 4) is 11.5 Å². The first kappa shape index (κ1) is 10.8. The average molecular weight is 223 g/mol. The van der Waals surface area contributed by atoms with Crippen LogP contribution < -0.4 is 0 Å². The van der Waals surface area contributed by atoms with Gasteiger partial charge in [0.25, 0.3) is 5.89 Å². The summed E-state index contributed by atoms with van der Waals surface area (Å²) < 4.78 is 9.93. The Labute approximate surface area is 92.3 Å². The maximum Gasteiger partial charge on any atom is 0.263 e. The Kier molecular flexibility index (Phi) is 3.00. The van der Waals surface area contributed by atoms with Gasteiger partial charge in [0, 0.05) is 0 Å². The fourth-order valence-electron chi connectivity index (χ4n) is 1.39. The summed E-state index contributed by atoms with van der Waals surface area (Å²) in [4.78, 5) is 4.10. The summed E-state index contributed by atoms with van der Waals surface area (Å²) in [5, 5.41) is 17.0. The molecule has 2 heterocycles. The molecule has 16 heavy (non-hydrogen) atoms. The highest BCUT2D eigenvalue weighted by Gasteiger charge is 2.18.